The molecular weight excluding hydrogens is 262 g/mol. The molecule has 0 aliphatic heterocycles. The number of benzene rings is 1. The summed E-state index contributed by atoms with van der Waals surface area (Å²) >= 11 is 3.65. The molecule has 0 saturated heterocycles. The van der Waals surface area contributed by atoms with Gasteiger partial charge in [0.15, 0.2) is 11.1 Å². The van der Waals surface area contributed by atoms with E-state index in [9.17, 15) is 9.00 Å². The van der Waals surface area contributed by atoms with Crippen molar-refractivity contribution in [2.45, 2.75) is 13.8 Å². The summed E-state index contributed by atoms with van der Waals surface area (Å²) in [6.45, 7) is 3.90. The number of nitrogens with one attached hydrogen (secondary N) is 1. The molecule has 1 unspecified atom stereocenters. The molecule has 0 heterocycles. The molecule has 0 spiro atoms. The van der Waals surface area contributed by atoms with Gasteiger partial charge in [-0.05, 0) is 37.1 Å². The molecule has 0 radical (unpaired) electrons. The van der Waals surface area contributed by atoms with Crippen molar-refractivity contribution in [1.29, 1.82) is 0 Å². The highest BCUT2D eigenvalue weighted by Gasteiger charge is 2.08. The third kappa shape index (κ3) is 4.46. The fourth-order valence-corrected chi connectivity index (χ4v) is 1.93. The molecule has 1 rings (SSSR count). The number of alkyl halides is 1. The van der Waals surface area contributed by atoms with E-state index in [4.69, 9.17) is 11.6 Å². The van der Waals surface area contributed by atoms with Crippen molar-refractivity contribution >= 4 is 28.6 Å². The Morgan fingerprint density at radius 3 is 2.71 bits per heavy atom. The summed E-state index contributed by atoms with van der Waals surface area (Å²) in [5, 5.41) is 2.51. The van der Waals surface area contributed by atoms with Crippen LogP contribution >= 0.6 is 11.6 Å². The predicted octanol–water partition coefficient (Wildman–Crippen LogP) is 1.87. The first kappa shape index (κ1) is 14.2. The SMILES string of the molecule is Cc1ccc(C(=O)NCS(=O)OCCl)cc1C. The first-order valence-electron chi connectivity index (χ1n) is 4.97. The third-order valence-electron chi connectivity index (χ3n) is 2.30. The van der Waals surface area contributed by atoms with Gasteiger partial charge in [-0.15, -0.1) is 0 Å². The molecule has 1 aromatic rings. The number of carbonyl (C=O) groups excluding carboxylic acids is 1. The highest BCUT2D eigenvalue weighted by atomic mass is 35.5. The lowest BCUT2D eigenvalue weighted by atomic mass is 10.1. The zero-order valence-corrected chi connectivity index (χ0v) is 11.2. The molecule has 6 heteroatoms. The second-order valence-electron chi connectivity index (χ2n) is 3.48. The van der Waals surface area contributed by atoms with Crippen LogP contribution in [-0.4, -0.2) is 22.1 Å². The molecule has 1 N–H and O–H groups in total. The molecule has 0 fully saturated rings. The van der Waals surface area contributed by atoms with E-state index in [2.05, 4.69) is 9.50 Å². The van der Waals surface area contributed by atoms with Gasteiger partial charge in [0, 0.05) is 5.56 Å². The Morgan fingerprint density at radius 2 is 2.12 bits per heavy atom. The normalized spacial score (nSPS) is 12.2. The average molecular weight is 276 g/mol. The van der Waals surface area contributed by atoms with Crippen LogP contribution in [0.4, 0.5) is 0 Å². The molecule has 17 heavy (non-hydrogen) atoms. The van der Waals surface area contributed by atoms with Crippen LogP contribution in [0.3, 0.4) is 0 Å². The Labute approximate surface area is 108 Å². The van der Waals surface area contributed by atoms with Crippen LogP contribution in [0.25, 0.3) is 0 Å². The van der Waals surface area contributed by atoms with Crippen LogP contribution in [0.2, 0.25) is 0 Å². The lowest BCUT2D eigenvalue weighted by Crippen LogP contribution is -2.27. The molecular formula is C11H14ClNO3S. The average Bonchev–Trinajstić information content (AvgIpc) is 2.30. The number of hydrogen-bond donors (Lipinski definition) is 1. The first-order valence-corrected chi connectivity index (χ1v) is 6.75. The van der Waals surface area contributed by atoms with Crippen molar-refractivity contribution in [1.82, 2.24) is 5.32 Å². The molecule has 0 bridgehead atoms. The van der Waals surface area contributed by atoms with Crippen molar-refractivity contribution in [3.05, 3.63) is 34.9 Å². The molecule has 4 nitrogen and oxygen atoms in total. The second kappa shape index (κ2) is 6.74. The van der Waals surface area contributed by atoms with Crippen LogP contribution in [0, 0.1) is 13.8 Å². The Kier molecular flexibility index (Phi) is 5.61. The predicted molar refractivity (Wildman–Crippen MR) is 68.2 cm³/mol. The van der Waals surface area contributed by atoms with Crippen LogP contribution in [0.1, 0.15) is 21.5 Å². The van der Waals surface area contributed by atoms with Gasteiger partial charge >= 0.3 is 0 Å². The van der Waals surface area contributed by atoms with E-state index in [0.29, 0.717) is 5.56 Å². The topological polar surface area (TPSA) is 55.4 Å². The van der Waals surface area contributed by atoms with Gasteiger partial charge < -0.3 is 5.32 Å². The van der Waals surface area contributed by atoms with Crippen molar-refractivity contribution in [3.63, 3.8) is 0 Å². The quantitative estimate of drug-likeness (QED) is 0.835. The van der Waals surface area contributed by atoms with Gasteiger partial charge in [0.1, 0.15) is 11.9 Å². The van der Waals surface area contributed by atoms with E-state index in [1.807, 2.05) is 19.9 Å². The summed E-state index contributed by atoms with van der Waals surface area (Å²) in [4.78, 5) is 11.7. The third-order valence-corrected chi connectivity index (χ3v) is 3.29. The lowest BCUT2D eigenvalue weighted by Gasteiger charge is -2.06. The van der Waals surface area contributed by atoms with Crippen LogP contribution in [-0.2, 0) is 15.3 Å². The summed E-state index contributed by atoms with van der Waals surface area (Å²) in [7, 11) is 0. The van der Waals surface area contributed by atoms with Gasteiger partial charge in [-0.25, -0.2) is 4.21 Å². The Bertz CT molecular complexity index is 437. The Balaban J connectivity index is 2.58. The minimum atomic E-state index is -1.59. The number of carbonyl (C=O) groups is 1. The standard InChI is InChI=1S/C11H14ClNO3S/c1-8-3-4-10(5-9(8)2)11(14)13-7-17(15)16-6-12/h3-5H,6-7H2,1-2H3,(H,13,14). The van der Waals surface area contributed by atoms with Crippen LogP contribution in [0.15, 0.2) is 18.2 Å². The van der Waals surface area contributed by atoms with E-state index < -0.39 is 11.1 Å². The van der Waals surface area contributed by atoms with E-state index >= 15 is 0 Å². The van der Waals surface area contributed by atoms with Gasteiger partial charge in [-0.3, -0.25) is 8.98 Å². The smallest absolute Gasteiger partial charge is 0.252 e. The highest BCUT2D eigenvalue weighted by molar-refractivity contribution is 7.80. The number of hydrogen-bond acceptors (Lipinski definition) is 3. The number of amides is 1. The first-order chi connectivity index (χ1) is 8.04. The van der Waals surface area contributed by atoms with Crippen LogP contribution < -0.4 is 5.32 Å². The summed E-state index contributed by atoms with van der Waals surface area (Å²) in [5.41, 5.74) is 2.70. The Morgan fingerprint density at radius 1 is 1.41 bits per heavy atom. The zero-order valence-electron chi connectivity index (χ0n) is 9.66. The highest BCUT2D eigenvalue weighted by Crippen LogP contribution is 2.09. The maximum Gasteiger partial charge on any atom is 0.252 e. The summed E-state index contributed by atoms with van der Waals surface area (Å²) < 4.78 is 15.7. The van der Waals surface area contributed by atoms with Crippen molar-refractivity contribution < 1.29 is 13.2 Å². The molecule has 0 aliphatic carbocycles. The van der Waals surface area contributed by atoms with E-state index in [1.54, 1.807) is 12.1 Å². The maximum atomic E-state index is 11.7. The molecule has 1 amide bonds. The van der Waals surface area contributed by atoms with E-state index in [-0.39, 0.29) is 17.9 Å². The minimum absolute atomic E-state index is 0.0710. The van der Waals surface area contributed by atoms with Gasteiger partial charge in [0.25, 0.3) is 5.91 Å². The van der Waals surface area contributed by atoms with E-state index in [0.717, 1.165) is 11.1 Å². The summed E-state index contributed by atoms with van der Waals surface area (Å²) in [6.07, 6.45) is 0. The molecule has 0 aromatic heterocycles. The van der Waals surface area contributed by atoms with Crippen molar-refractivity contribution in [3.8, 4) is 0 Å². The van der Waals surface area contributed by atoms with E-state index in [1.165, 1.54) is 0 Å². The fourth-order valence-electron chi connectivity index (χ4n) is 1.20. The molecule has 0 aliphatic rings. The second-order valence-corrected chi connectivity index (χ2v) is 4.83. The van der Waals surface area contributed by atoms with Gasteiger partial charge in [-0.2, -0.15) is 0 Å². The number of halogens is 1. The zero-order chi connectivity index (χ0) is 12.8. The number of aryl methyl sites for hydroxylation is 2. The molecule has 0 saturated carbocycles. The monoisotopic (exact) mass is 275 g/mol. The largest absolute Gasteiger partial charge is 0.338 e. The van der Waals surface area contributed by atoms with Crippen molar-refractivity contribution in [2.75, 3.05) is 11.9 Å². The fraction of sp³-hybridized carbons (Fsp3) is 0.364. The summed E-state index contributed by atoms with van der Waals surface area (Å²) in [5.74, 6) is -0.349. The minimum Gasteiger partial charge on any atom is -0.338 e. The molecule has 1 atom stereocenters. The maximum absolute atomic E-state index is 11.7. The lowest BCUT2D eigenvalue weighted by molar-refractivity contribution is 0.0959. The molecule has 1 aromatic carbocycles. The van der Waals surface area contributed by atoms with Gasteiger partial charge in [0.2, 0.25) is 0 Å². The van der Waals surface area contributed by atoms with Gasteiger partial charge in [0.05, 0.1) is 0 Å². The molecule has 94 valence electrons. The van der Waals surface area contributed by atoms with Gasteiger partial charge in [-0.1, -0.05) is 17.7 Å². The Hall–Kier alpha value is -0.910. The van der Waals surface area contributed by atoms with Crippen molar-refractivity contribution in [2.24, 2.45) is 0 Å². The van der Waals surface area contributed by atoms with Crippen LogP contribution in [0.5, 0.6) is 0 Å². The summed E-state index contributed by atoms with van der Waals surface area (Å²) in [6, 6.07) is 5.22. The number of rotatable bonds is 5.